The van der Waals surface area contributed by atoms with Crippen molar-refractivity contribution in [2.75, 3.05) is 0 Å². The van der Waals surface area contributed by atoms with Gasteiger partial charge in [0.15, 0.2) is 11.4 Å². The molecule has 0 aromatic carbocycles. The van der Waals surface area contributed by atoms with E-state index in [1.165, 1.54) is 12.3 Å². The van der Waals surface area contributed by atoms with Gasteiger partial charge in [-0.15, -0.1) is 20.4 Å². The number of nitrogens with zero attached hydrogens (tertiary/aromatic N) is 6. The molecule has 0 bridgehead atoms. The minimum atomic E-state index is -0.742. The van der Waals surface area contributed by atoms with E-state index in [1.54, 1.807) is 62.3 Å². The normalized spacial score (nSPS) is 11.5. The Morgan fingerprint density at radius 1 is 0.667 bits per heavy atom. The molecule has 12 heteroatoms. The Hall–Kier alpha value is -3.57. The summed E-state index contributed by atoms with van der Waals surface area (Å²) in [6, 6.07) is 1.46. The molecular weight excluding hydrogens is 432 g/mol. The average molecular weight is 463 g/mol. The van der Waals surface area contributed by atoms with Gasteiger partial charge in [-0.1, -0.05) is 0 Å². The van der Waals surface area contributed by atoms with Gasteiger partial charge in [0, 0.05) is 0 Å². The minimum absolute atomic E-state index is 0.0656. The fourth-order valence-electron chi connectivity index (χ4n) is 1.91. The Bertz CT molecular complexity index is 915. The molecule has 0 unspecified atom stereocenters. The van der Waals surface area contributed by atoms with Crippen LogP contribution < -0.4 is 0 Å². The van der Waals surface area contributed by atoms with E-state index in [-0.39, 0.29) is 17.0 Å². The largest absolute Gasteiger partial charge is 0.456 e. The number of hydrogen-bond donors (Lipinski definition) is 0. The second-order valence-electron chi connectivity index (χ2n) is 9.71. The van der Waals surface area contributed by atoms with Gasteiger partial charge in [-0.2, -0.15) is 0 Å². The molecule has 0 amide bonds. The highest BCUT2D eigenvalue weighted by Crippen LogP contribution is 2.16. The highest BCUT2D eigenvalue weighted by molar-refractivity contribution is 6.01. The van der Waals surface area contributed by atoms with E-state index in [2.05, 4.69) is 30.8 Å². The average Bonchev–Trinajstić information content (AvgIpc) is 2.65. The summed E-state index contributed by atoms with van der Waals surface area (Å²) in [6.07, 6.45) is 2.53. The van der Waals surface area contributed by atoms with E-state index in [1.807, 2.05) is 0 Å². The summed E-state index contributed by atoms with van der Waals surface area (Å²) in [4.78, 5) is 35.3. The van der Waals surface area contributed by atoms with Gasteiger partial charge in [-0.05, 0) is 78.8 Å². The molecule has 33 heavy (non-hydrogen) atoms. The summed E-state index contributed by atoms with van der Waals surface area (Å²) in [7, 11) is 0. The molecule has 0 spiro atoms. The van der Waals surface area contributed by atoms with Crippen LogP contribution >= 0.6 is 0 Å². The zero-order chi connectivity index (χ0) is 25.4. The first-order chi connectivity index (χ1) is 15.0. The van der Waals surface area contributed by atoms with E-state index < -0.39 is 34.7 Å². The van der Waals surface area contributed by atoms with E-state index in [4.69, 9.17) is 14.2 Å². The third-order valence-electron chi connectivity index (χ3n) is 2.96. The molecular formula is C21H30N6O6. The van der Waals surface area contributed by atoms with Crippen LogP contribution in [0.3, 0.4) is 0 Å². The minimum Gasteiger partial charge on any atom is -0.456 e. The zero-order valence-electron chi connectivity index (χ0n) is 20.4. The predicted octanol–water partition coefficient (Wildman–Crippen LogP) is 2.61. The summed E-state index contributed by atoms with van der Waals surface area (Å²) in [5, 5.41) is 20.8. The molecule has 0 aliphatic carbocycles. The van der Waals surface area contributed by atoms with Crippen LogP contribution in [-0.4, -0.2) is 65.5 Å². The molecule has 0 aliphatic rings. The molecule has 0 N–H and O–H groups in total. The zero-order valence-corrected chi connectivity index (χ0v) is 20.4. The first-order valence-electron chi connectivity index (χ1n) is 10.0. The van der Waals surface area contributed by atoms with Gasteiger partial charge in [0.1, 0.15) is 22.4 Å². The van der Waals surface area contributed by atoms with Crippen LogP contribution in [0.25, 0.3) is 0 Å². The molecule has 0 radical (unpaired) electrons. The number of hydrogen-bond acceptors (Lipinski definition) is 12. The van der Waals surface area contributed by atoms with Crippen LogP contribution in [0, 0.1) is 0 Å². The number of esters is 3. The molecule has 0 atom stereocenters. The smallest absolute Gasteiger partial charge is 0.360 e. The van der Waals surface area contributed by atoms with E-state index in [0.717, 1.165) is 6.20 Å². The maximum Gasteiger partial charge on any atom is 0.360 e. The Balaban J connectivity index is 0.000000361. The molecule has 0 saturated carbocycles. The third-order valence-corrected chi connectivity index (χ3v) is 2.96. The monoisotopic (exact) mass is 462 g/mol. The second kappa shape index (κ2) is 10.8. The summed E-state index contributed by atoms with van der Waals surface area (Å²) >= 11 is 0. The number of carbonyl (C=O) groups excluding carboxylic acids is 3. The number of ether oxygens (including phenoxy) is 3. The van der Waals surface area contributed by atoms with Crippen LogP contribution in [0.2, 0.25) is 0 Å². The van der Waals surface area contributed by atoms with Crippen molar-refractivity contribution in [3.8, 4) is 0 Å². The predicted molar refractivity (Wildman–Crippen MR) is 115 cm³/mol. The Morgan fingerprint density at radius 3 is 1.64 bits per heavy atom. The number of carbonyl (C=O) groups is 3. The van der Waals surface area contributed by atoms with Crippen molar-refractivity contribution < 1.29 is 28.6 Å². The first kappa shape index (κ1) is 27.5. The fraction of sp³-hybridized carbons (Fsp3) is 0.571. The highest BCUT2D eigenvalue weighted by atomic mass is 16.6. The number of rotatable bonds is 3. The summed E-state index contributed by atoms with van der Waals surface area (Å²) in [5.41, 5.74) is -2.00. The highest BCUT2D eigenvalue weighted by Gasteiger charge is 2.28. The molecule has 2 rings (SSSR count). The lowest BCUT2D eigenvalue weighted by atomic mass is 10.1. The van der Waals surface area contributed by atoms with Gasteiger partial charge in [0.25, 0.3) is 0 Å². The third kappa shape index (κ3) is 11.0. The van der Waals surface area contributed by atoms with Crippen molar-refractivity contribution in [2.45, 2.75) is 79.1 Å². The molecule has 12 nitrogen and oxygen atoms in total. The summed E-state index contributed by atoms with van der Waals surface area (Å²) in [6.45, 7) is 15.7. The first-order valence-corrected chi connectivity index (χ1v) is 10.0. The van der Waals surface area contributed by atoms with E-state index >= 15 is 0 Å². The van der Waals surface area contributed by atoms with Crippen molar-refractivity contribution in [3.05, 3.63) is 35.4 Å². The van der Waals surface area contributed by atoms with Crippen molar-refractivity contribution in [2.24, 2.45) is 0 Å². The molecule has 2 heterocycles. The van der Waals surface area contributed by atoms with Crippen LogP contribution in [0.5, 0.6) is 0 Å². The lowest BCUT2D eigenvalue weighted by Gasteiger charge is -2.21. The van der Waals surface area contributed by atoms with Crippen molar-refractivity contribution >= 4 is 17.9 Å². The van der Waals surface area contributed by atoms with Gasteiger partial charge in [0.2, 0.25) is 0 Å². The van der Waals surface area contributed by atoms with E-state index in [9.17, 15) is 14.4 Å². The van der Waals surface area contributed by atoms with Crippen molar-refractivity contribution in [1.82, 2.24) is 30.8 Å². The topological polar surface area (TPSA) is 156 Å². The van der Waals surface area contributed by atoms with Gasteiger partial charge in [-0.25, -0.2) is 14.4 Å². The molecule has 0 fully saturated rings. The van der Waals surface area contributed by atoms with Crippen LogP contribution in [0.4, 0.5) is 0 Å². The summed E-state index contributed by atoms with van der Waals surface area (Å²) < 4.78 is 15.4. The van der Waals surface area contributed by atoms with Crippen molar-refractivity contribution in [1.29, 1.82) is 0 Å². The number of aromatic nitrogens is 6. The molecule has 0 saturated heterocycles. The standard InChI is InChI=1S/C13H19N3O4.C8H11N3O2/c1-12(2,3)19-10(17)8-7-14-16-15-9(8)11(18)20-13(4,5)6;1-8(2,3)13-7(12)6-4-5-9-11-10-6/h7H,1-6H3;4-5H,1-3H3. The van der Waals surface area contributed by atoms with Gasteiger partial charge in [-0.3, -0.25) is 0 Å². The van der Waals surface area contributed by atoms with Gasteiger partial charge < -0.3 is 14.2 Å². The quantitative estimate of drug-likeness (QED) is 0.486. The second-order valence-corrected chi connectivity index (χ2v) is 9.71. The van der Waals surface area contributed by atoms with Crippen molar-refractivity contribution in [3.63, 3.8) is 0 Å². The molecule has 2 aromatic heterocycles. The van der Waals surface area contributed by atoms with Gasteiger partial charge in [0.05, 0.1) is 12.4 Å². The molecule has 2 aromatic rings. The van der Waals surface area contributed by atoms with Crippen LogP contribution in [0.15, 0.2) is 18.5 Å². The Morgan fingerprint density at radius 2 is 1.15 bits per heavy atom. The molecule has 0 aliphatic heterocycles. The van der Waals surface area contributed by atoms with E-state index in [0.29, 0.717) is 0 Å². The lowest BCUT2D eigenvalue weighted by molar-refractivity contribution is 0.00108. The summed E-state index contributed by atoms with van der Waals surface area (Å²) in [5.74, 6) is -1.92. The fourth-order valence-corrected chi connectivity index (χ4v) is 1.91. The maximum atomic E-state index is 12.0. The van der Waals surface area contributed by atoms with Gasteiger partial charge >= 0.3 is 17.9 Å². The maximum absolute atomic E-state index is 12.0. The SMILES string of the molecule is CC(C)(C)OC(=O)c1ccnnn1.CC(C)(C)OC(=O)c1cnnnc1C(=O)OC(C)(C)C. The van der Waals surface area contributed by atoms with Crippen LogP contribution in [0.1, 0.15) is 93.6 Å². The Labute approximate surface area is 192 Å². The van der Waals surface area contributed by atoms with Crippen LogP contribution in [-0.2, 0) is 14.2 Å². The molecule has 180 valence electrons. The Kier molecular flexibility index (Phi) is 9.02. The lowest BCUT2D eigenvalue weighted by Crippen LogP contribution is -2.29.